The minimum absolute atomic E-state index is 0.384. The molecule has 6 nitrogen and oxygen atoms in total. The second kappa shape index (κ2) is 6.72. The third-order valence-corrected chi connectivity index (χ3v) is 4.80. The Hall–Kier alpha value is -3.41. The first-order valence-electron chi connectivity index (χ1n) is 8.62. The van der Waals surface area contributed by atoms with Gasteiger partial charge < -0.3 is 14.5 Å². The number of nitrogens with zero attached hydrogens (tertiary/aromatic N) is 2. The Kier molecular flexibility index (Phi) is 4.24. The zero-order valence-electron chi connectivity index (χ0n) is 15.3. The van der Waals surface area contributed by atoms with Crippen LogP contribution >= 0.6 is 0 Å². The first-order chi connectivity index (χ1) is 13.1. The quantitative estimate of drug-likeness (QED) is 0.715. The van der Waals surface area contributed by atoms with Crippen LogP contribution < -0.4 is 5.32 Å². The average Bonchev–Trinajstić information content (AvgIpc) is 3.16. The fourth-order valence-electron chi connectivity index (χ4n) is 3.68. The van der Waals surface area contributed by atoms with Gasteiger partial charge in [-0.25, -0.2) is 9.78 Å². The highest BCUT2D eigenvalue weighted by Crippen LogP contribution is 2.44. The van der Waals surface area contributed by atoms with Gasteiger partial charge in [0.2, 0.25) is 0 Å². The van der Waals surface area contributed by atoms with Gasteiger partial charge in [-0.1, -0.05) is 18.2 Å². The van der Waals surface area contributed by atoms with E-state index in [2.05, 4.69) is 15.3 Å². The van der Waals surface area contributed by atoms with E-state index < -0.39 is 0 Å². The zero-order valence-corrected chi connectivity index (χ0v) is 15.3. The number of carbonyl (C=O) groups excluding carboxylic acids is 1. The lowest BCUT2D eigenvalue weighted by Crippen LogP contribution is -2.28. The maximum atomic E-state index is 12.7. The average molecular weight is 361 g/mol. The van der Waals surface area contributed by atoms with Crippen LogP contribution in [0.5, 0.6) is 0 Å². The van der Waals surface area contributed by atoms with E-state index in [1.165, 1.54) is 13.5 Å². The van der Waals surface area contributed by atoms with Gasteiger partial charge in [-0.2, -0.15) is 0 Å². The van der Waals surface area contributed by atoms with Crippen LogP contribution in [0.4, 0.5) is 0 Å². The van der Waals surface area contributed by atoms with Crippen molar-refractivity contribution in [2.45, 2.75) is 19.8 Å². The standard InChI is InChI=1S/C21H19N3O3/c1-12-17(15-8-4-5-10-22-15)19(18(13(2)24-12)21(25)26-3)14-7-6-9-16-20(14)27-11-23-16/h4-11,19,24H,1-3H3. The largest absolute Gasteiger partial charge is 0.466 e. The first kappa shape index (κ1) is 17.0. The molecular weight excluding hydrogens is 342 g/mol. The van der Waals surface area contributed by atoms with Crippen molar-refractivity contribution in [3.63, 3.8) is 0 Å². The van der Waals surface area contributed by atoms with Crippen molar-refractivity contribution < 1.29 is 13.9 Å². The van der Waals surface area contributed by atoms with Crippen molar-refractivity contribution in [3.8, 4) is 0 Å². The van der Waals surface area contributed by atoms with Crippen molar-refractivity contribution >= 4 is 22.6 Å². The van der Waals surface area contributed by atoms with Gasteiger partial charge in [-0.05, 0) is 32.0 Å². The number of allylic oxidation sites excluding steroid dienone is 3. The maximum Gasteiger partial charge on any atom is 0.336 e. The number of methoxy groups -OCH3 is 1. The Morgan fingerprint density at radius 2 is 1.96 bits per heavy atom. The molecule has 0 aliphatic carbocycles. The van der Waals surface area contributed by atoms with E-state index in [1.54, 1.807) is 6.20 Å². The number of aromatic nitrogens is 2. The minimum atomic E-state index is -0.387. The number of para-hydroxylation sites is 1. The molecule has 6 heteroatoms. The number of ether oxygens (including phenoxy) is 1. The van der Waals surface area contributed by atoms with E-state index in [9.17, 15) is 4.79 Å². The lowest BCUT2D eigenvalue weighted by atomic mass is 9.78. The number of hydrogen-bond donors (Lipinski definition) is 1. The Balaban J connectivity index is 2.02. The number of benzene rings is 1. The SMILES string of the molecule is COC(=O)C1=C(C)NC(C)=C(c2ccccn2)C1c1cccc2ncoc12. The van der Waals surface area contributed by atoms with E-state index in [4.69, 9.17) is 9.15 Å². The van der Waals surface area contributed by atoms with Crippen LogP contribution in [-0.2, 0) is 9.53 Å². The van der Waals surface area contributed by atoms with Gasteiger partial charge >= 0.3 is 5.97 Å². The number of carbonyl (C=O) groups is 1. The number of fused-ring (bicyclic) bond motifs is 1. The Bertz CT molecular complexity index is 1080. The number of dihydropyridines is 1. The molecule has 136 valence electrons. The third kappa shape index (κ3) is 2.79. The molecule has 0 radical (unpaired) electrons. The number of oxazole rings is 1. The molecule has 4 rings (SSSR count). The van der Waals surface area contributed by atoms with Crippen LogP contribution in [0.2, 0.25) is 0 Å². The van der Waals surface area contributed by atoms with Gasteiger partial charge in [0.25, 0.3) is 0 Å². The molecule has 1 unspecified atom stereocenters. The van der Waals surface area contributed by atoms with Crippen LogP contribution in [0.1, 0.15) is 31.0 Å². The van der Waals surface area contributed by atoms with E-state index >= 15 is 0 Å². The smallest absolute Gasteiger partial charge is 0.336 e. The number of hydrogen-bond acceptors (Lipinski definition) is 6. The highest BCUT2D eigenvalue weighted by Gasteiger charge is 2.36. The summed E-state index contributed by atoms with van der Waals surface area (Å²) in [5, 5.41) is 3.31. The van der Waals surface area contributed by atoms with Crippen molar-refractivity contribution in [1.29, 1.82) is 0 Å². The van der Waals surface area contributed by atoms with E-state index in [1.807, 2.05) is 50.2 Å². The molecule has 2 aromatic heterocycles. The fourth-order valence-corrected chi connectivity index (χ4v) is 3.68. The lowest BCUT2D eigenvalue weighted by molar-refractivity contribution is -0.136. The number of rotatable bonds is 3. The highest BCUT2D eigenvalue weighted by molar-refractivity contribution is 5.98. The lowest BCUT2D eigenvalue weighted by Gasteiger charge is -2.31. The van der Waals surface area contributed by atoms with Gasteiger partial charge in [-0.15, -0.1) is 0 Å². The summed E-state index contributed by atoms with van der Waals surface area (Å²) in [6.07, 6.45) is 3.16. The van der Waals surface area contributed by atoms with Crippen molar-refractivity contribution in [1.82, 2.24) is 15.3 Å². The summed E-state index contributed by atoms with van der Waals surface area (Å²) in [4.78, 5) is 21.5. The van der Waals surface area contributed by atoms with Gasteiger partial charge in [0, 0.05) is 28.7 Å². The van der Waals surface area contributed by atoms with Crippen molar-refractivity contribution in [2.24, 2.45) is 0 Å². The normalized spacial score (nSPS) is 17.2. The van der Waals surface area contributed by atoms with Crippen LogP contribution in [0.25, 0.3) is 16.7 Å². The summed E-state index contributed by atoms with van der Waals surface area (Å²) in [6.45, 7) is 3.85. The Labute approximate surface area is 156 Å². The van der Waals surface area contributed by atoms with Crippen LogP contribution in [0, 0.1) is 0 Å². The molecule has 3 heterocycles. The maximum absolute atomic E-state index is 12.7. The summed E-state index contributed by atoms with van der Waals surface area (Å²) in [5.74, 6) is -0.771. The topological polar surface area (TPSA) is 77.2 Å². The van der Waals surface area contributed by atoms with Gasteiger partial charge in [0.1, 0.15) is 5.52 Å². The molecule has 0 spiro atoms. The minimum Gasteiger partial charge on any atom is -0.466 e. The van der Waals surface area contributed by atoms with Gasteiger partial charge in [0.15, 0.2) is 12.0 Å². The van der Waals surface area contributed by atoms with Crippen LogP contribution in [0.15, 0.2) is 70.4 Å². The number of pyridine rings is 1. The monoisotopic (exact) mass is 361 g/mol. The molecule has 0 saturated carbocycles. The van der Waals surface area contributed by atoms with E-state index in [-0.39, 0.29) is 11.9 Å². The second-order valence-corrected chi connectivity index (χ2v) is 6.39. The molecule has 1 aliphatic rings. The van der Waals surface area contributed by atoms with Crippen molar-refractivity contribution in [2.75, 3.05) is 7.11 Å². The molecule has 0 amide bonds. The molecule has 0 fully saturated rings. The fraction of sp³-hybridized carbons (Fsp3) is 0.190. The molecule has 3 aromatic rings. The number of nitrogens with one attached hydrogen (secondary N) is 1. The predicted molar refractivity (Wildman–Crippen MR) is 101 cm³/mol. The molecule has 1 N–H and O–H groups in total. The van der Waals surface area contributed by atoms with E-state index in [0.717, 1.165) is 33.7 Å². The van der Waals surface area contributed by atoms with Gasteiger partial charge in [0.05, 0.1) is 24.3 Å². The van der Waals surface area contributed by atoms with Crippen LogP contribution in [-0.4, -0.2) is 23.0 Å². The summed E-state index contributed by atoms with van der Waals surface area (Å²) in [6, 6.07) is 11.5. The highest BCUT2D eigenvalue weighted by atomic mass is 16.5. The molecule has 1 aromatic carbocycles. The predicted octanol–water partition coefficient (Wildman–Crippen LogP) is 3.79. The molecule has 0 bridgehead atoms. The molecule has 1 atom stereocenters. The summed E-state index contributed by atoms with van der Waals surface area (Å²) >= 11 is 0. The van der Waals surface area contributed by atoms with Crippen molar-refractivity contribution in [3.05, 3.63) is 77.2 Å². The summed E-state index contributed by atoms with van der Waals surface area (Å²) in [7, 11) is 1.39. The molecule has 1 aliphatic heterocycles. The Morgan fingerprint density at radius 3 is 2.70 bits per heavy atom. The molecular formula is C21H19N3O3. The molecule has 0 saturated heterocycles. The zero-order chi connectivity index (χ0) is 19.0. The summed E-state index contributed by atoms with van der Waals surface area (Å²) in [5.41, 5.74) is 6.16. The molecule has 27 heavy (non-hydrogen) atoms. The summed E-state index contributed by atoms with van der Waals surface area (Å²) < 4.78 is 10.8. The number of esters is 1. The first-order valence-corrected chi connectivity index (χ1v) is 8.62. The van der Waals surface area contributed by atoms with Crippen LogP contribution in [0.3, 0.4) is 0 Å². The van der Waals surface area contributed by atoms with Gasteiger partial charge in [-0.3, -0.25) is 4.98 Å². The third-order valence-electron chi connectivity index (χ3n) is 4.80. The second-order valence-electron chi connectivity index (χ2n) is 6.39. The van der Waals surface area contributed by atoms with E-state index in [0.29, 0.717) is 11.2 Å². The Morgan fingerprint density at radius 1 is 1.11 bits per heavy atom.